The summed E-state index contributed by atoms with van der Waals surface area (Å²) in [7, 11) is 3.46. The first-order valence-electron chi connectivity index (χ1n) is 8.67. The number of fused-ring (bicyclic) bond motifs is 1. The van der Waals surface area contributed by atoms with Crippen LogP contribution in [0.5, 0.6) is 11.5 Å². The van der Waals surface area contributed by atoms with E-state index in [2.05, 4.69) is 15.4 Å². The van der Waals surface area contributed by atoms with Crippen LogP contribution >= 0.6 is 0 Å². The molecule has 0 fully saturated rings. The second-order valence-corrected chi connectivity index (χ2v) is 6.13. The molecule has 0 aliphatic heterocycles. The third kappa shape index (κ3) is 3.52. The van der Waals surface area contributed by atoms with Gasteiger partial charge in [0.05, 0.1) is 18.1 Å². The van der Waals surface area contributed by atoms with E-state index >= 15 is 0 Å². The maximum atomic E-state index is 12.5. The zero-order valence-corrected chi connectivity index (χ0v) is 15.5. The summed E-state index contributed by atoms with van der Waals surface area (Å²) >= 11 is 0. The standard InChI is InChI=1S/C20H19N5O3/c1-24-18-6-4-3-5-16(18)21-20(24)22-19(26)17-11-12-25(23-17)13-28-15-9-7-14(27-2)8-10-15/h3-12H,13H2,1-2H3,(H,21,22,26). The fourth-order valence-corrected chi connectivity index (χ4v) is 2.79. The van der Waals surface area contributed by atoms with Gasteiger partial charge in [-0.15, -0.1) is 0 Å². The first-order valence-corrected chi connectivity index (χ1v) is 8.67. The van der Waals surface area contributed by atoms with E-state index in [4.69, 9.17) is 9.47 Å². The molecule has 4 aromatic rings. The van der Waals surface area contributed by atoms with Gasteiger partial charge in [0.1, 0.15) is 11.5 Å². The Bertz CT molecular complexity index is 1110. The molecule has 0 saturated heterocycles. The first kappa shape index (κ1) is 17.6. The quantitative estimate of drug-likeness (QED) is 0.558. The van der Waals surface area contributed by atoms with Crippen LogP contribution in [0.2, 0.25) is 0 Å². The minimum Gasteiger partial charge on any atom is -0.497 e. The Morgan fingerprint density at radius 3 is 2.57 bits per heavy atom. The summed E-state index contributed by atoms with van der Waals surface area (Å²) in [5.41, 5.74) is 2.04. The lowest BCUT2D eigenvalue weighted by Crippen LogP contribution is -2.16. The summed E-state index contributed by atoms with van der Waals surface area (Å²) in [6.07, 6.45) is 1.69. The highest BCUT2D eigenvalue weighted by atomic mass is 16.5. The summed E-state index contributed by atoms with van der Waals surface area (Å²) in [4.78, 5) is 16.9. The molecule has 2 heterocycles. The van der Waals surface area contributed by atoms with Crippen molar-refractivity contribution in [2.75, 3.05) is 12.4 Å². The number of aryl methyl sites for hydroxylation is 1. The van der Waals surface area contributed by atoms with Gasteiger partial charge in [-0.25, -0.2) is 9.67 Å². The third-order valence-corrected chi connectivity index (χ3v) is 4.31. The number of methoxy groups -OCH3 is 1. The molecule has 0 spiro atoms. The molecular formula is C20H19N5O3. The molecule has 4 rings (SSSR count). The molecule has 1 amide bonds. The predicted octanol–water partition coefficient (Wildman–Crippen LogP) is 3.07. The highest BCUT2D eigenvalue weighted by Gasteiger charge is 2.14. The van der Waals surface area contributed by atoms with Gasteiger partial charge in [-0.3, -0.25) is 10.1 Å². The Hall–Kier alpha value is -3.81. The molecule has 8 nitrogen and oxygen atoms in total. The molecule has 0 radical (unpaired) electrons. The van der Waals surface area contributed by atoms with Crippen molar-refractivity contribution in [3.8, 4) is 11.5 Å². The maximum absolute atomic E-state index is 12.5. The predicted molar refractivity (Wildman–Crippen MR) is 105 cm³/mol. The average molecular weight is 377 g/mol. The Kier molecular flexibility index (Phi) is 4.67. The van der Waals surface area contributed by atoms with Crippen molar-refractivity contribution < 1.29 is 14.3 Å². The van der Waals surface area contributed by atoms with Gasteiger partial charge in [-0.1, -0.05) is 12.1 Å². The normalized spacial score (nSPS) is 10.8. The highest BCUT2D eigenvalue weighted by Crippen LogP contribution is 2.19. The van der Waals surface area contributed by atoms with Gasteiger partial charge < -0.3 is 14.0 Å². The number of carbonyl (C=O) groups is 1. The second-order valence-electron chi connectivity index (χ2n) is 6.13. The van der Waals surface area contributed by atoms with Gasteiger partial charge in [0, 0.05) is 13.2 Å². The number of ether oxygens (including phenoxy) is 2. The number of nitrogens with one attached hydrogen (secondary N) is 1. The van der Waals surface area contributed by atoms with Crippen molar-refractivity contribution >= 4 is 22.9 Å². The Morgan fingerprint density at radius 2 is 1.82 bits per heavy atom. The largest absolute Gasteiger partial charge is 0.497 e. The van der Waals surface area contributed by atoms with E-state index in [-0.39, 0.29) is 18.3 Å². The zero-order valence-electron chi connectivity index (χ0n) is 15.5. The van der Waals surface area contributed by atoms with Crippen LogP contribution in [0.1, 0.15) is 10.5 Å². The monoisotopic (exact) mass is 377 g/mol. The van der Waals surface area contributed by atoms with Crippen LogP contribution in [-0.4, -0.2) is 32.3 Å². The third-order valence-electron chi connectivity index (χ3n) is 4.31. The summed E-state index contributed by atoms with van der Waals surface area (Å²) < 4.78 is 14.2. The number of hydrogen-bond donors (Lipinski definition) is 1. The number of benzene rings is 2. The van der Waals surface area contributed by atoms with E-state index in [1.54, 1.807) is 24.1 Å². The van der Waals surface area contributed by atoms with Crippen LogP contribution in [0, 0.1) is 0 Å². The Balaban J connectivity index is 1.41. The van der Waals surface area contributed by atoms with Crippen LogP contribution in [0.4, 0.5) is 5.95 Å². The van der Waals surface area contributed by atoms with Gasteiger partial charge >= 0.3 is 0 Å². The number of anilines is 1. The first-order chi connectivity index (χ1) is 13.6. The molecule has 0 unspecified atom stereocenters. The zero-order chi connectivity index (χ0) is 19.5. The molecule has 142 valence electrons. The number of hydrogen-bond acceptors (Lipinski definition) is 5. The van der Waals surface area contributed by atoms with Crippen molar-refractivity contribution in [1.29, 1.82) is 0 Å². The van der Waals surface area contributed by atoms with Crippen molar-refractivity contribution in [3.63, 3.8) is 0 Å². The molecule has 2 aromatic heterocycles. The molecular weight excluding hydrogens is 358 g/mol. The number of rotatable bonds is 6. The Morgan fingerprint density at radius 1 is 1.07 bits per heavy atom. The molecule has 2 aromatic carbocycles. The van der Waals surface area contributed by atoms with E-state index in [0.29, 0.717) is 11.7 Å². The molecule has 0 saturated carbocycles. The van der Waals surface area contributed by atoms with Crippen LogP contribution in [-0.2, 0) is 13.8 Å². The SMILES string of the molecule is COc1ccc(OCn2ccc(C(=O)Nc3nc4ccccc4n3C)n2)cc1. The smallest absolute Gasteiger partial charge is 0.278 e. The summed E-state index contributed by atoms with van der Waals surface area (Å²) in [5.74, 6) is 1.58. The number of para-hydroxylation sites is 2. The van der Waals surface area contributed by atoms with Crippen molar-refractivity contribution in [2.45, 2.75) is 6.73 Å². The van der Waals surface area contributed by atoms with Crippen LogP contribution in [0.15, 0.2) is 60.8 Å². The lowest BCUT2D eigenvalue weighted by molar-refractivity contribution is 0.101. The van der Waals surface area contributed by atoms with Crippen molar-refractivity contribution in [1.82, 2.24) is 19.3 Å². The van der Waals surface area contributed by atoms with Crippen molar-refractivity contribution in [2.24, 2.45) is 7.05 Å². The van der Waals surface area contributed by atoms with Gasteiger partial charge in [0.2, 0.25) is 5.95 Å². The lowest BCUT2D eigenvalue weighted by Gasteiger charge is -2.07. The highest BCUT2D eigenvalue weighted by molar-refractivity contribution is 6.02. The molecule has 0 aliphatic rings. The lowest BCUT2D eigenvalue weighted by atomic mass is 10.3. The van der Waals surface area contributed by atoms with Gasteiger partial charge in [0.25, 0.3) is 5.91 Å². The van der Waals surface area contributed by atoms with E-state index in [9.17, 15) is 4.79 Å². The number of amides is 1. The number of nitrogens with zero attached hydrogens (tertiary/aromatic N) is 4. The van der Waals surface area contributed by atoms with E-state index < -0.39 is 0 Å². The van der Waals surface area contributed by atoms with Crippen LogP contribution in [0.25, 0.3) is 11.0 Å². The maximum Gasteiger partial charge on any atom is 0.278 e. The Labute approximate surface area is 161 Å². The second kappa shape index (κ2) is 7.43. The number of carbonyl (C=O) groups excluding carboxylic acids is 1. The van der Waals surface area contributed by atoms with E-state index in [1.807, 2.05) is 60.1 Å². The summed E-state index contributed by atoms with van der Waals surface area (Å²) in [6, 6.07) is 16.6. The number of imidazole rings is 1. The van der Waals surface area contributed by atoms with Gasteiger partial charge in [-0.2, -0.15) is 5.10 Å². The van der Waals surface area contributed by atoms with E-state index in [0.717, 1.165) is 16.8 Å². The fraction of sp³-hybridized carbons (Fsp3) is 0.150. The molecule has 0 atom stereocenters. The molecule has 8 heteroatoms. The molecule has 1 N–H and O–H groups in total. The minimum atomic E-state index is -0.332. The molecule has 0 aliphatic carbocycles. The molecule has 28 heavy (non-hydrogen) atoms. The fourth-order valence-electron chi connectivity index (χ4n) is 2.79. The van der Waals surface area contributed by atoms with Gasteiger partial charge in [-0.05, 0) is 42.5 Å². The molecule has 0 bridgehead atoms. The van der Waals surface area contributed by atoms with E-state index in [1.165, 1.54) is 0 Å². The minimum absolute atomic E-state index is 0.186. The summed E-state index contributed by atoms with van der Waals surface area (Å²) in [5, 5.41) is 7.05. The van der Waals surface area contributed by atoms with Gasteiger partial charge in [0.15, 0.2) is 12.4 Å². The van der Waals surface area contributed by atoms with Crippen LogP contribution < -0.4 is 14.8 Å². The summed E-state index contributed by atoms with van der Waals surface area (Å²) in [6.45, 7) is 0.186. The number of aromatic nitrogens is 4. The van der Waals surface area contributed by atoms with Crippen LogP contribution in [0.3, 0.4) is 0 Å². The van der Waals surface area contributed by atoms with Crippen molar-refractivity contribution in [3.05, 3.63) is 66.5 Å². The topological polar surface area (TPSA) is 83.2 Å². The average Bonchev–Trinajstić information content (AvgIpc) is 3.32.